The first-order valence-electron chi connectivity index (χ1n) is 5.47. The molecule has 0 fully saturated rings. The number of hydrogen-bond donors (Lipinski definition) is 0. The molecule has 0 aliphatic carbocycles. The molecule has 0 N–H and O–H groups in total. The minimum atomic E-state index is -0.468. The van der Waals surface area contributed by atoms with Crippen molar-refractivity contribution in [1.82, 2.24) is 0 Å². The molecular formula is C14H9Cl4F. The van der Waals surface area contributed by atoms with Gasteiger partial charge in [0.05, 0.1) is 15.1 Å². The predicted molar refractivity (Wildman–Crippen MR) is 80.4 cm³/mol. The molecule has 100 valence electrons. The highest BCUT2D eigenvalue weighted by molar-refractivity contribution is 6.44. The molecule has 2 rings (SSSR count). The number of halogens is 5. The van der Waals surface area contributed by atoms with Crippen LogP contribution >= 0.6 is 46.4 Å². The third-order valence-corrected chi connectivity index (χ3v) is 4.60. The lowest BCUT2D eigenvalue weighted by molar-refractivity contribution is 0.626. The van der Waals surface area contributed by atoms with Crippen molar-refractivity contribution in [3.8, 4) is 0 Å². The largest absolute Gasteiger partial charge is 0.205 e. The minimum Gasteiger partial charge on any atom is -0.205 e. The standard InChI is InChI=1S/C14H9Cl4F/c1-7-5-10(15)9(14(18)12(7)16)6-8-3-2-4-11(19)13(8)17/h2-5H,6H2,1H3. The molecule has 0 unspecified atom stereocenters. The van der Waals surface area contributed by atoms with E-state index in [-0.39, 0.29) is 5.02 Å². The van der Waals surface area contributed by atoms with E-state index in [1.165, 1.54) is 6.07 Å². The summed E-state index contributed by atoms with van der Waals surface area (Å²) in [6.07, 6.45) is 0.328. The number of rotatable bonds is 2. The zero-order valence-corrected chi connectivity index (χ0v) is 12.9. The number of aryl methyl sites for hydroxylation is 1. The van der Waals surface area contributed by atoms with Gasteiger partial charge in [0.15, 0.2) is 0 Å². The molecule has 0 spiro atoms. The van der Waals surface area contributed by atoms with Gasteiger partial charge in [-0.2, -0.15) is 0 Å². The summed E-state index contributed by atoms with van der Waals surface area (Å²) in [5, 5.41) is 1.40. The normalized spacial score (nSPS) is 10.8. The summed E-state index contributed by atoms with van der Waals surface area (Å²) in [4.78, 5) is 0. The van der Waals surface area contributed by atoms with Gasteiger partial charge in [0, 0.05) is 11.4 Å². The molecular weight excluding hydrogens is 329 g/mol. The molecule has 0 bridgehead atoms. The molecule has 0 radical (unpaired) electrons. The van der Waals surface area contributed by atoms with E-state index < -0.39 is 5.82 Å². The maximum Gasteiger partial charge on any atom is 0.142 e. The van der Waals surface area contributed by atoms with E-state index >= 15 is 0 Å². The zero-order valence-electron chi connectivity index (χ0n) is 9.91. The highest BCUT2D eigenvalue weighted by Crippen LogP contribution is 2.36. The summed E-state index contributed by atoms with van der Waals surface area (Å²) in [5.41, 5.74) is 2.06. The fraction of sp³-hybridized carbons (Fsp3) is 0.143. The average molecular weight is 338 g/mol. The van der Waals surface area contributed by atoms with Gasteiger partial charge in [0.2, 0.25) is 0 Å². The van der Waals surface area contributed by atoms with Gasteiger partial charge in [0.25, 0.3) is 0 Å². The zero-order chi connectivity index (χ0) is 14.2. The first-order valence-corrected chi connectivity index (χ1v) is 6.99. The van der Waals surface area contributed by atoms with Crippen molar-refractivity contribution in [2.24, 2.45) is 0 Å². The van der Waals surface area contributed by atoms with Gasteiger partial charge >= 0.3 is 0 Å². The van der Waals surface area contributed by atoms with Crippen LogP contribution in [-0.4, -0.2) is 0 Å². The Morgan fingerprint density at radius 2 is 1.68 bits per heavy atom. The Morgan fingerprint density at radius 3 is 2.37 bits per heavy atom. The smallest absolute Gasteiger partial charge is 0.142 e. The Hall–Kier alpha value is -0.470. The van der Waals surface area contributed by atoms with Crippen molar-refractivity contribution >= 4 is 46.4 Å². The van der Waals surface area contributed by atoms with Crippen LogP contribution in [0, 0.1) is 12.7 Å². The van der Waals surface area contributed by atoms with Crippen molar-refractivity contribution in [1.29, 1.82) is 0 Å². The Labute approximate surface area is 131 Å². The van der Waals surface area contributed by atoms with Gasteiger partial charge in [0.1, 0.15) is 5.82 Å². The average Bonchev–Trinajstić information content (AvgIpc) is 2.37. The highest BCUT2D eigenvalue weighted by atomic mass is 35.5. The molecule has 0 aromatic heterocycles. The first kappa shape index (κ1) is 14.9. The monoisotopic (exact) mass is 336 g/mol. The van der Waals surface area contributed by atoms with Crippen molar-refractivity contribution in [2.45, 2.75) is 13.3 Å². The van der Waals surface area contributed by atoms with E-state index in [4.69, 9.17) is 46.4 Å². The van der Waals surface area contributed by atoms with Crippen molar-refractivity contribution in [2.75, 3.05) is 0 Å². The second-order valence-corrected chi connectivity index (χ2v) is 5.71. The van der Waals surface area contributed by atoms with E-state index in [1.54, 1.807) is 18.2 Å². The van der Waals surface area contributed by atoms with Gasteiger partial charge in [-0.3, -0.25) is 0 Å². The molecule has 0 heterocycles. The molecule has 0 aliphatic heterocycles. The van der Waals surface area contributed by atoms with Crippen molar-refractivity contribution in [3.05, 3.63) is 66.9 Å². The molecule has 0 saturated heterocycles. The SMILES string of the molecule is Cc1cc(Cl)c(Cc2cccc(F)c2Cl)c(Cl)c1Cl. The third-order valence-electron chi connectivity index (χ3n) is 2.83. The minimum absolute atomic E-state index is 0.0753. The van der Waals surface area contributed by atoms with Crippen LogP contribution < -0.4 is 0 Å². The summed E-state index contributed by atoms with van der Waals surface area (Å²) in [6, 6.07) is 6.36. The van der Waals surface area contributed by atoms with Crippen LogP contribution in [0.15, 0.2) is 24.3 Å². The van der Waals surface area contributed by atoms with Crippen LogP contribution in [0.3, 0.4) is 0 Å². The molecule has 0 amide bonds. The summed E-state index contributed by atoms with van der Waals surface area (Å²) < 4.78 is 13.4. The van der Waals surface area contributed by atoms with E-state index in [0.717, 1.165) is 5.56 Å². The van der Waals surface area contributed by atoms with E-state index in [1.807, 2.05) is 6.92 Å². The van der Waals surface area contributed by atoms with Crippen molar-refractivity contribution in [3.63, 3.8) is 0 Å². The molecule has 0 saturated carbocycles. The Morgan fingerprint density at radius 1 is 1.00 bits per heavy atom. The fourth-order valence-electron chi connectivity index (χ4n) is 1.79. The molecule has 2 aromatic rings. The summed E-state index contributed by atoms with van der Waals surface area (Å²) >= 11 is 24.4. The maximum atomic E-state index is 13.4. The van der Waals surface area contributed by atoms with Gasteiger partial charge in [-0.1, -0.05) is 58.5 Å². The van der Waals surface area contributed by atoms with Crippen LogP contribution in [0.25, 0.3) is 0 Å². The Balaban J connectivity index is 2.50. The molecule has 19 heavy (non-hydrogen) atoms. The second-order valence-electron chi connectivity index (χ2n) is 4.17. The Bertz CT molecular complexity index is 638. The number of hydrogen-bond acceptors (Lipinski definition) is 0. The topological polar surface area (TPSA) is 0 Å². The molecule has 5 heteroatoms. The fourth-order valence-corrected chi connectivity index (χ4v) is 2.84. The van der Waals surface area contributed by atoms with E-state index in [0.29, 0.717) is 32.6 Å². The highest BCUT2D eigenvalue weighted by Gasteiger charge is 2.15. The van der Waals surface area contributed by atoms with Crippen LogP contribution in [0.1, 0.15) is 16.7 Å². The van der Waals surface area contributed by atoms with Gasteiger partial charge < -0.3 is 0 Å². The van der Waals surface area contributed by atoms with E-state index in [2.05, 4.69) is 0 Å². The van der Waals surface area contributed by atoms with Crippen LogP contribution in [0.4, 0.5) is 4.39 Å². The van der Waals surface area contributed by atoms with Crippen molar-refractivity contribution < 1.29 is 4.39 Å². The van der Waals surface area contributed by atoms with Gasteiger partial charge in [-0.15, -0.1) is 0 Å². The molecule has 0 atom stereocenters. The quantitative estimate of drug-likeness (QED) is 0.561. The number of benzene rings is 2. The molecule has 0 aliphatic rings. The summed E-state index contributed by atoms with van der Waals surface area (Å²) in [5.74, 6) is -0.468. The third kappa shape index (κ3) is 3.00. The lowest BCUT2D eigenvalue weighted by Crippen LogP contribution is -1.95. The van der Waals surface area contributed by atoms with Gasteiger partial charge in [-0.05, 0) is 35.7 Å². The lowest BCUT2D eigenvalue weighted by atomic mass is 10.0. The van der Waals surface area contributed by atoms with Crippen LogP contribution in [0.2, 0.25) is 20.1 Å². The molecule has 0 nitrogen and oxygen atoms in total. The van der Waals surface area contributed by atoms with Crippen LogP contribution in [-0.2, 0) is 6.42 Å². The predicted octanol–water partition coefficient (Wildman–Crippen LogP) is 6.34. The summed E-state index contributed by atoms with van der Waals surface area (Å²) in [6.45, 7) is 1.82. The second kappa shape index (κ2) is 5.88. The molecule has 2 aromatic carbocycles. The lowest BCUT2D eigenvalue weighted by Gasteiger charge is -2.12. The maximum absolute atomic E-state index is 13.4. The van der Waals surface area contributed by atoms with E-state index in [9.17, 15) is 4.39 Å². The van der Waals surface area contributed by atoms with Crippen LogP contribution in [0.5, 0.6) is 0 Å². The first-order chi connectivity index (χ1) is 8.91. The summed E-state index contributed by atoms with van der Waals surface area (Å²) in [7, 11) is 0. The Kier molecular flexibility index (Phi) is 4.62. The van der Waals surface area contributed by atoms with Gasteiger partial charge in [-0.25, -0.2) is 4.39 Å².